The highest BCUT2D eigenvalue weighted by atomic mass is 32.2. The van der Waals surface area contributed by atoms with Gasteiger partial charge < -0.3 is 5.32 Å². The van der Waals surface area contributed by atoms with Gasteiger partial charge in [0.1, 0.15) is 0 Å². The topological polar surface area (TPSA) is 75.3 Å². The Morgan fingerprint density at radius 2 is 1.70 bits per heavy atom. The zero-order valence-corrected chi connectivity index (χ0v) is 15.3. The molecule has 0 spiro atoms. The molecule has 1 aromatic rings. The molecule has 23 heavy (non-hydrogen) atoms. The Bertz CT molecular complexity index is 602. The Morgan fingerprint density at radius 3 is 2.22 bits per heavy atom. The van der Waals surface area contributed by atoms with Crippen LogP contribution in [0.1, 0.15) is 52.5 Å². The first-order valence-corrected chi connectivity index (χ1v) is 9.52. The van der Waals surface area contributed by atoms with Crippen LogP contribution in [-0.4, -0.2) is 27.4 Å². The van der Waals surface area contributed by atoms with Gasteiger partial charge in [0, 0.05) is 19.5 Å². The zero-order valence-electron chi connectivity index (χ0n) is 14.5. The largest absolute Gasteiger partial charge is 0.355 e. The first kappa shape index (κ1) is 19.6. The maximum absolute atomic E-state index is 12.2. The van der Waals surface area contributed by atoms with Crippen LogP contribution in [0.4, 0.5) is 0 Å². The third kappa shape index (κ3) is 6.71. The Kier molecular flexibility index (Phi) is 7.22. The fourth-order valence-corrected chi connectivity index (χ4v) is 3.06. The molecule has 0 bridgehead atoms. The Hall–Kier alpha value is -1.40. The van der Waals surface area contributed by atoms with E-state index in [4.69, 9.17) is 0 Å². The van der Waals surface area contributed by atoms with Gasteiger partial charge in [0.15, 0.2) is 0 Å². The molecular weight excluding hydrogens is 312 g/mol. The molecule has 0 heterocycles. The van der Waals surface area contributed by atoms with Gasteiger partial charge in [-0.1, -0.05) is 46.2 Å². The highest BCUT2D eigenvalue weighted by Gasteiger charge is 2.17. The summed E-state index contributed by atoms with van der Waals surface area (Å²) in [5, 5.41) is 2.70. The number of hydrogen-bond donors (Lipinski definition) is 2. The number of carbonyl (C=O) groups excluding carboxylic acids is 1. The van der Waals surface area contributed by atoms with Gasteiger partial charge in [-0.05, 0) is 29.5 Å². The molecule has 0 atom stereocenters. The average molecular weight is 340 g/mol. The molecule has 0 aliphatic carbocycles. The molecule has 1 amide bonds. The number of sulfonamides is 1. The van der Waals surface area contributed by atoms with E-state index >= 15 is 0 Å². The van der Waals surface area contributed by atoms with Crippen molar-refractivity contribution in [2.45, 2.75) is 57.3 Å². The minimum absolute atomic E-state index is 0.0154. The van der Waals surface area contributed by atoms with E-state index in [1.165, 1.54) is 0 Å². The molecule has 6 heteroatoms. The number of benzene rings is 1. The Morgan fingerprint density at radius 1 is 1.09 bits per heavy atom. The van der Waals surface area contributed by atoms with Crippen molar-refractivity contribution in [2.24, 2.45) is 0 Å². The summed E-state index contributed by atoms with van der Waals surface area (Å²) < 4.78 is 26.9. The normalized spacial score (nSPS) is 12.2. The Balaban J connectivity index is 2.51. The lowest BCUT2D eigenvalue weighted by atomic mass is 9.87. The number of carbonyl (C=O) groups is 1. The van der Waals surface area contributed by atoms with Crippen LogP contribution in [0.3, 0.4) is 0 Å². The molecule has 2 N–H and O–H groups in total. The van der Waals surface area contributed by atoms with E-state index in [-0.39, 0.29) is 22.8 Å². The second kappa shape index (κ2) is 8.45. The molecule has 0 aromatic heterocycles. The monoisotopic (exact) mass is 340 g/mol. The summed E-state index contributed by atoms with van der Waals surface area (Å²) in [6, 6.07) is 6.90. The van der Waals surface area contributed by atoms with E-state index in [1.807, 2.05) is 19.1 Å². The SMILES string of the molecule is CCCCC(=O)NCCNS(=O)(=O)c1ccc(C(C)(C)C)cc1. The van der Waals surface area contributed by atoms with Gasteiger partial charge in [0.05, 0.1) is 4.90 Å². The fraction of sp³-hybridized carbons (Fsp3) is 0.588. The van der Waals surface area contributed by atoms with E-state index in [0.717, 1.165) is 18.4 Å². The van der Waals surface area contributed by atoms with Crippen LogP contribution < -0.4 is 10.0 Å². The molecule has 0 fully saturated rings. The van der Waals surface area contributed by atoms with Crippen molar-refractivity contribution in [3.8, 4) is 0 Å². The smallest absolute Gasteiger partial charge is 0.240 e. The summed E-state index contributed by atoms with van der Waals surface area (Å²) in [6.45, 7) is 8.73. The van der Waals surface area contributed by atoms with Gasteiger partial charge in [-0.2, -0.15) is 0 Å². The van der Waals surface area contributed by atoms with Gasteiger partial charge in [0.25, 0.3) is 0 Å². The lowest BCUT2D eigenvalue weighted by molar-refractivity contribution is -0.121. The number of rotatable bonds is 8. The fourth-order valence-electron chi connectivity index (χ4n) is 2.03. The Labute approximate surface area is 139 Å². The average Bonchev–Trinajstić information content (AvgIpc) is 2.49. The zero-order chi connectivity index (χ0) is 17.5. The number of amides is 1. The molecule has 0 aliphatic rings. The maximum Gasteiger partial charge on any atom is 0.240 e. The summed E-state index contributed by atoms with van der Waals surface area (Å²) in [5.74, 6) is -0.0411. The van der Waals surface area contributed by atoms with Crippen LogP contribution in [0.2, 0.25) is 0 Å². The van der Waals surface area contributed by atoms with Crippen molar-refractivity contribution in [3.05, 3.63) is 29.8 Å². The van der Waals surface area contributed by atoms with Crippen LogP contribution >= 0.6 is 0 Å². The van der Waals surface area contributed by atoms with Crippen LogP contribution in [0, 0.1) is 0 Å². The van der Waals surface area contributed by atoms with Gasteiger partial charge in [-0.15, -0.1) is 0 Å². The van der Waals surface area contributed by atoms with E-state index in [9.17, 15) is 13.2 Å². The molecule has 0 radical (unpaired) electrons. The molecule has 0 unspecified atom stereocenters. The molecular formula is C17H28N2O3S. The molecule has 1 rings (SSSR count). The van der Waals surface area contributed by atoms with Gasteiger partial charge >= 0.3 is 0 Å². The first-order chi connectivity index (χ1) is 10.7. The predicted octanol–water partition coefficient (Wildman–Crippen LogP) is 2.57. The van der Waals surface area contributed by atoms with Crippen molar-refractivity contribution >= 4 is 15.9 Å². The summed E-state index contributed by atoms with van der Waals surface area (Å²) in [7, 11) is -3.54. The van der Waals surface area contributed by atoms with Crippen LogP contribution in [-0.2, 0) is 20.2 Å². The number of nitrogens with one attached hydrogen (secondary N) is 2. The predicted molar refractivity (Wildman–Crippen MR) is 92.9 cm³/mol. The van der Waals surface area contributed by atoms with Crippen molar-refractivity contribution in [1.29, 1.82) is 0 Å². The highest BCUT2D eigenvalue weighted by molar-refractivity contribution is 7.89. The summed E-state index contributed by atoms with van der Waals surface area (Å²) in [4.78, 5) is 11.7. The van der Waals surface area contributed by atoms with E-state index in [2.05, 4.69) is 30.8 Å². The third-order valence-corrected chi connectivity index (χ3v) is 5.00. The summed E-state index contributed by atoms with van der Waals surface area (Å²) in [6.07, 6.45) is 2.29. The first-order valence-electron chi connectivity index (χ1n) is 8.03. The highest BCUT2D eigenvalue weighted by Crippen LogP contribution is 2.23. The van der Waals surface area contributed by atoms with Gasteiger partial charge in [0.2, 0.25) is 15.9 Å². The molecule has 0 aliphatic heterocycles. The van der Waals surface area contributed by atoms with Gasteiger partial charge in [-0.3, -0.25) is 4.79 Å². The molecule has 0 saturated carbocycles. The van der Waals surface area contributed by atoms with Crippen LogP contribution in [0.15, 0.2) is 29.2 Å². The minimum atomic E-state index is -3.54. The second-order valence-corrected chi connectivity index (χ2v) is 8.39. The van der Waals surface area contributed by atoms with Crippen molar-refractivity contribution in [1.82, 2.24) is 10.0 Å². The molecule has 130 valence electrons. The second-order valence-electron chi connectivity index (χ2n) is 6.63. The maximum atomic E-state index is 12.2. The summed E-state index contributed by atoms with van der Waals surface area (Å²) >= 11 is 0. The lowest BCUT2D eigenvalue weighted by Crippen LogP contribution is -2.34. The summed E-state index contributed by atoms with van der Waals surface area (Å²) in [5.41, 5.74) is 1.07. The van der Waals surface area contributed by atoms with Crippen LogP contribution in [0.25, 0.3) is 0 Å². The van der Waals surface area contributed by atoms with Crippen molar-refractivity contribution < 1.29 is 13.2 Å². The molecule has 1 aromatic carbocycles. The third-order valence-electron chi connectivity index (χ3n) is 3.53. The van der Waals surface area contributed by atoms with E-state index in [1.54, 1.807) is 12.1 Å². The minimum Gasteiger partial charge on any atom is -0.355 e. The number of hydrogen-bond acceptors (Lipinski definition) is 3. The van der Waals surface area contributed by atoms with Crippen LogP contribution in [0.5, 0.6) is 0 Å². The van der Waals surface area contributed by atoms with Crippen molar-refractivity contribution in [3.63, 3.8) is 0 Å². The van der Waals surface area contributed by atoms with Crippen molar-refractivity contribution in [2.75, 3.05) is 13.1 Å². The van der Waals surface area contributed by atoms with E-state index in [0.29, 0.717) is 13.0 Å². The molecule has 5 nitrogen and oxygen atoms in total. The van der Waals surface area contributed by atoms with E-state index < -0.39 is 10.0 Å². The standard InChI is InChI=1S/C17H28N2O3S/c1-5-6-7-16(20)18-12-13-19-23(21,22)15-10-8-14(9-11-15)17(2,3)4/h8-11,19H,5-7,12-13H2,1-4H3,(H,18,20). The van der Waals surface area contributed by atoms with Gasteiger partial charge in [-0.25, -0.2) is 13.1 Å². The molecule has 0 saturated heterocycles. The number of unbranched alkanes of at least 4 members (excludes halogenated alkanes) is 1. The lowest BCUT2D eigenvalue weighted by Gasteiger charge is -2.19. The quantitative estimate of drug-likeness (QED) is 0.714.